The van der Waals surface area contributed by atoms with E-state index in [0.717, 1.165) is 58.2 Å². The summed E-state index contributed by atoms with van der Waals surface area (Å²) in [7, 11) is 1.74. The molecule has 0 amide bonds. The summed E-state index contributed by atoms with van der Waals surface area (Å²) >= 11 is 0. The Hall–Kier alpha value is -0.930. The fourth-order valence-corrected chi connectivity index (χ4v) is 3.17. The van der Waals surface area contributed by atoms with Gasteiger partial charge in [0.15, 0.2) is 5.96 Å². The van der Waals surface area contributed by atoms with Crippen molar-refractivity contribution in [1.29, 1.82) is 0 Å². The molecule has 1 aromatic rings. The zero-order chi connectivity index (χ0) is 19.5. The molecule has 160 valence electrons. The first-order valence-electron chi connectivity index (χ1n) is 9.88. The maximum absolute atomic E-state index is 14.1. The molecule has 1 aliphatic rings. The molecule has 0 unspecified atom stereocenters. The summed E-state index contributed by atoms with van der Waals surface area (Å²) in [5, 5.41) is 6.59. The molecule has 1 saturated heterocycles. The number of aliphatic imine (C=N–C) groups is 1. The van der Waals surface area contributed by atoms with E-state index in [1.54, 1.807) is 13.1 Å². The van der Waals surface area contributed by atoms with E-state index in [0.29, 0.717) is 18.0 Å². The molecule has 1 aliphatic heterocycles. The number of halogens is 2. The van der Waals surface area contributed by atoms with Crippen LogP contribution < -0.4 is 10.6 Å². The van der Waals surface area contributed by atoms with Crippen LogP contribution in [0.2, 0.25) is 0 Å². The molecule has 5 nitrogen and oxygen atoms in total. The highest BCUT2D eigenvalue weighted by Gasteiger charge is 2.24. The number of ether oxygens (including phenoxy) is 2. The fraction of sp³-hybridized carbons (Fsp3) is 0.667. The molecule has 0 bridgehead atoms. The highest BCUT2D eigenvalue weighted by molar-refractivity contribution is 14.0. The summed E-state index contributed by atoms with van der Waals surface area (Å²) in [6.07, 6.45) is 3.12. The number of hydrogen-bond acceptors (Lipinski definition) is 3. The third-order valence-corrected chi connectivity index (χ3v) is 4.98. The molecule has 0 radical (unpaired) electrons. The minimum absolute atomic E-state index is 0. The third-order valence-electron chi connectivity index (χ3n) is 4.98. The number of rotatable bonds is 9. The highest BCUT2D eigenvalue weighted by Crippen LogP contribution is 2.24. The Morgan fingerprint density at radius 3 is 2.64 bits per heavy atom. The van der Waals surface area contributed by atoms with Crippen LogP contribution in [0, 0.1) is 11.7 Å². The maximum atomic E-state index is 14.1. The highest BCUT2D eigenvalue weighted by atomic mass is 127. The summed E-state index contributed by atoms with van der Waals surface area (Å²) in [5.74, 6) is 1.19. The molecule has 28 heavy (non-hydrogen) atoms. The minimum atomic E-state index is -0.338. The SMILES string of the molecule is CN=C(NCCCOCC1CCOCC1)NCC(C)(C)c1ccccc1F.I. The number of benzene rings is 1. The average molecular weight is 507 g/mol. The summed E-state index contributed by atoms with van der Waals surface area (Å²) in [5.41, 5.74) is 0.366. The smallest absolute Gasteiger partial charge is 0.191 e. The zero-order valence-corrected chi connectivity index (χ0v) is 19.6. The van der Waals surface area contributed by atoms with Gasteiger partial charge in [0.25, 0.3) is 0 Å². The Kier molecular flexibility index (Phi) is 11.9. The van der Waals surface area contributed by atoms with Crippen molar-refractivity contribution in [2.45, 2.75) is 38.5 Å². The third kappa shape index (κ3) is 8.61. The van der Waals surface area contributed by atoms with E-state index < -0.39 is 0 Å². The van der Waals surface area contributed by atoms with Crippen LogP contribution >= 0.6 is 24.0 Å². The van der Waals surface area contributed by atoms with Gasteiger partial charge in [-0.2, -0.15) is 0 Å². The van der Waals surface area contributed by atoms with E-state index in [-0.39, 0.29) is 35.2 Å². The van der Waals surface area contributed by atoms with Gasteiger partial charge in [0.1, 0.15) is 5.82 Å². The van der Waals surface area contributed by atoms with Gasteiger partial charge in [-0.15, -0.1) is 24.0 Å². The lowest BCUT2D eigenvalue weighted by Gasteiger charge is -2.27. The van der Waals surface area contributed by atoms with E-state index in [1.165, 1.54) is 6.07 Å². The van der Waals surface area contributed by atoms with Gasteiger partial charge in [0.2, 0.25) is 0 Å². The predicted molar refractivity (Wildman–Crippen MR) is 123 cm³/mol. The molecule has 1 heterocycles. The van der Waals surface area contributed by atoms with Crippen molar-refractivity contribution >= 4 is 29.9 Å². The van der Waals surface area contributed by atoms with Crippen LogP contribution in [0.5, 0.6) is 0 Å². The van der Waals surface area contributed by atoms with Crippen LogP contribution in [0.3, 0.4) is 0 Å². The molecule has 0 atom stereocenters. The monoisotopic (exact) mass is 507 g/mol. The fourth-order valence-electron chi connectivity index (χ4n) is 3.17. The van der Waals surface area contributed by atoms with Crippen molar-refractivity contribution in [1.82, 2.24) is 10.6 Å². The van der Waals surface area contributed by atoms with E-state index in [1.807, 2.05) is 26.0 Å². The number of hydrogen-bond donors (Lipinski definition) is 2. The molecular weight excluding hydrogens is 472 g/mol. The van der Waals surface area contributed by atoms with Crippen molar-refractivity contribution in [2.24, 2.45) is 10.9 Å². The van der Waals surface area contributed by atoms with Crippen molar-refractivity contribution in [3.63, 3.8) is 0 Å². The zero-order valence-electron chi connectivity index (χ0n) is 17.3. The maximum Gasteiger partial charge on any atom is 0.191 e. The Morgan fingerprint density at radius 2 is 1.96 bits per heavy atom. The molecule has 0 aliphatic carbocycles. The molecule has 2 rings (SSSR count). The topological polar surface area (TPSA) is 54.9 Å². The second kappa shape index (κ2) is 13.3. The predicted octanol–water partition coefficient (Wildman–Crippen LogP) is 3.72. The van der Waals surface area contributed by atoms with E-state index >= 15 is 0 Å². The molecule has 2 N–H and O–H groups in total. The van der Waals surface area contributed by atoms with Gasteiger partial charge in [-0.25, -0.2) is 4.39 Å². The van der Waals surface area contributed by atoms with Crippen molar-refractivity contribution < 1.29 is 13.9 Å². The quantitative estimate of drug-likeness (QED) is 0.232. The van der Waals surface area contributed by atoms with Crippen LogP contribution in [0.15, 0.2) is 29.3 Å². The van der Waals surface area contributed by atoms with Gasteiger partial charge in [-0.1, -0.05) is 32.0 Å². The summed E-state index contributed by atoms with van der Waals surface area (Å²) < 4.78 is 25.2. The van der Waals surface area contributed by atoms with Gasteiger partial charge in [0, 0.05) is 52.0 Å². The number of nitrogens with zero attached hydrogens (tertiary/aromatic N) is 1. The lowest BCUT2D eigenvalue weighted by molar-refractivity contribution is 0.0203. The van der Waals surface area contributed by atoms with Gasteiger partial charge < -0.3 is 20.1 Å². The van der Waals surface area contributed by atoms with Crippen molar-refractivity contribution in [3.05, 3.63) is 35.6 Å². The molecule has 0 aromatic heterocycles. The lowest BCUT2D eigenvalue weighted by atomic mass is 9.84. The first-order valence-corrected chi connectivity index (χ1v) is 9.88. The van der Waals surface area contributed by atoms with Gasteiger partial charge in [-0.3, -0.25) is 4.99 Å². The Bertz CT molecular complexity index is 593. The standard InChI is InChI=1S/C21H34FN3O2.HI/c1-21(2,18-7-4-5-8-19(18)22)16-25-20(23-3)24-11-6-12-27-15-17-9-13-26-14-10-17;/h4-5,7-8,17H,6,9-16H2,1-3H3,(H2,23,24,25);1H. The average Bonchev–Trinajstić information content (AvgIpc) is 2.68. The second-order valence-electron chi connectivity index (χ2n) is 7.70. The molecule has 1 fully saturated rings. The minimum Gasteiger partial charge on any atom is -0.381 e. The first-order chi connectivity index (χ1) is 13.0. The second-order valence-corrected chi connectivity index (χ2v) is 7.70. The van der Waals surface area contributed by atoms with E-state index in [9.17, 15) is 4.39 Å². The van der Waals surface area contributed by atoms with Crippen LogP contribution in [-0.2, 0) is 14.9 Å². The van der Waals surface area contributed by atoms with Crippen molar-refractivity contribution in [2.75, 3.05) is 46.6 Å². The largest absolute Gasteiger partial charge is 0.381 e. The first kappa shape index (κ1) is 25.1. The lowest BCUT2D eigenvalue weighted by Crippen LogP contribution is -2.44. The summed E-state index contributed by atoms with van der Waals surface area (Å²) in [6.45, 7) is 8.71. The molecule has 0 spiro atoms. The van der Waals surface area contributed by atoms with Gasteiger partial charge in [-0.05, 0) is 36.8 Å². The van der Waals surface area contributed by atoms with Crippen LogP contribution in [0.25, 0.3) is 0 Å². The normalized spacial score (nSPS) is 15.8. The molecular formula is C21H35FIN3O2. The van der Waals surface area contributed by atoms with Gasteiger partial charge >= 0.3 is 0 Å². The van der Waals surface area contributed by atoms with Crippen LogP contribution in [0.1, 0.15) is 38.7 Å². The number of nitrogens with one attached hydrogen (secondary N) is 2. The molecule has 0 saturated carbocycles. The van der Waals surface area contributed by atoms with E-state index in [2.05, 4.69) is 15.6 Å². The van der Waals surface area contributed by atoms with Crippen LogP contribution in [0.4, 0.5) is 4.39 Å². The Labute approximate surface area is 185 Å². The molecule has 1 aromatic carbocycles. The van der Waals surface area contributed by atoms with Crippen molar-refractivity contribution in [3.8, 4) is 0 Å². The Balaban J connectivity index is 0.00000392. The van der Waals surface area contributed by atoms with Crippen LogP contribution in [-0.4, -0.2) is 52.5 Å². The Morgan fingerprint density at radius 1 is 1.25 bits per heavy atom. The van der Waals surface area contributed by atoms with E-state index in [4.69, 9.17) is 9.47 Å². The molecule has 7 heteroatoms. The number of guanidine groups is 1. The summed E-state index contributed by atoms with van der Waals surface area (Å²) in [4.78, 5) is 4.24. The summed E-state index contributed by atoms with van der Waals surface area (Å²) in [6, 6.07) is 6.92. The van der Waals surface area contributed by atoms with Gasteiger partial charge in [0.05, 0.1) is 0 Å².